The summed E-state index contributed by atoms with van der Waals surface area (Å²) in [4.78, 5) is 0. The van der Waals surface area contributed by atoms with Crippen LogP contribution in [0.1, 0.15) is 180 Å². The predicted octanol–water partition coefficient (Wildman–Crippen LogP) is 16.6. The molecule has 336 valence electrons. The average molecular weight is 899 g/mol. The smallest absolute Gasteiger partial charge is 0.0866 e. The van der Waals surface area contributed by atoms with E-state index in [1.54, 1.807) is 0 Å². The van der Waals surface area contributed by atoms with Gasteiger partial charge in [-0.3, -0.25) is 0 Å². The molecular formula is C56H82O2S2Ti-2. The molecule has 2 unspecified atom stereocenters. The van der Waals surface area contributed by atoms with Crippen LogP contribution >= 0.6 is 15.9 Å². The molecule has 61 heavy (non-hydrogen) atoms. The number of hydrogen-bond acceptors (Lipinski definition) is 2. The first-order valence-corrected chi connectivity index (χ1v) is 29.7. The normalized spacial score (nSPS) is 19.6. The van der Waals surface area contributed by atoms with Crippen LogP contribution < -0.4 is 0 Å². The van der Waals surface area contributed by atoms with Gasteiger partial charge in [0.2, 0.25) is 0 Å². The second-order valence-electron chi connectivity index (χ2n) is 21.6. The zero-order valence-corrected chi connectivity index (χ0v) is 43.9. The molecule has 1 aliphatic heterocycles. The van der Waals surface area contributed by atoms with E-state index in [0.717, 1.165) is 44.3 Å². The molecular weight excluding hydrogens is 817 g/mol. The quantitative estimate of drug-likeness (QED) is 0.137. The summed E-state index contributed by atoms with van der Waals surface area (Å²) in [7, 11) is 0.657. The summed E-state index contributed by atoms with van der Waals surface area (Å²) in [5, 5.41) is 25.6. The van der Waals surface area contributed by atoms with Crippen LogP contribution in [-0.2, 0) is 48.6 Å². The zero-order chi connectivity index (χ0) is 45.5. The summed E-state index contributed by atoms with van der Waals surface area (Å²) in [5.41, 5.74) is 9.40. The number of phenols is 2. The van der Waals surface area contributed by atoms with E-state index in [-0.39, 0.29) is 37.1 Å². The van der Waals surface area contributed by atoms with Gasteiger partial charge in [-0.05, 0) is 0 Å². The minimum Gasteiger partial charge on any atom is -0.199 e. The Morgan fingerprint density at radius 3 is 1.13 bits per heavy atom. The summed E-state index contributed by atoms with van der Waals surface area (Å²) in [6.07, 6.45) is 8.15. The molecule has 0 amide bonds. The molecule has 1 aliphatic carbocycles. The van der Waals surface area contributed by atoms with E-state index in [4.69, 9.17) is 0 Å². The molecule has 2 N–H and O–H groups in total. The Morgan fingerprint density at radius 2 is 0.869 bits per heavy atom. The van der Waals surface area contributed by atoms with Gasteiger partial charge in [0.1, 0.15) is 0 Å². The summed E-state index contributed by atoms with van der Waals surface area (Å²) >= 11 is -0.272. The maximum Gasteiger partial charge on any atom is -0.0866 e. The van der Waals surface area contributed by atoms with Crippen molar-refractivity contribution in [3.63, 3.8) is 0 Å². The first-order chi connectivity index (χ1) is 28.3. The van der Waals surface area contributed by atoms with E-state index in [1.165, 1.54) is 60.8 Å². The Kier molecular flexibility index (Phi) is 18.1. The third kappa shape index (κ3) is 13.6. The maximum atomic E-state index is 12.0. The predicted molar refractivity (Wildman–Crippen MR) is 269 cm³/mol. The third-order valence-corrected chi connectivity index (χ3v) is 29.7. The molecule has 6 rings (SSSR count). The number of hydrogen-bond donors (Lipinski definition) is 2. The zero-order valence-electron chi connectivity index (χ0n) is 40.7. The minimum atomic E-state index is -0.272. The Hall–Kier alpha value is -2.37. The number of fused-ring (bicyclic) bond motifs is 1. The topological polar surface area (TPSA) is 40.5 Å². The van der Waals surface area contributed by atoms with E-state index in [2.05, 4.69) is 135 Å². The van der Waals surface area contributed by atoms with E-state index in [0.29, 0.717) is 39.3 Å². The molecule has 0 aromatic heterocycles. The van der Waals surface area contributed by atoms with Gasteiger partial charge in [-0.1, -0.05) is 12.1 Å². The number of phenolic OH excluding ortho intramolecular Hbond substituents is 2. The fourth-order valence-corrected chi connectivity index (χ4v) is 28.8. The van der Waals surface area contributed by atoms with Crippen molar-refractivity contribution >= 4 is 15.9 Å². The molecule has 5 heteroatoms. The SMILES string of the molecule is CC(C)C(C)(C)c1cc(C(C)(C)C)cc(C[S]2=[Ti]=[S@@](Cc3cc(C(C)(C)C)cc(C(C)(C)C(C)C)c3O)C3CCCCCC[C@@H]32)c1O.[CH2-]c1ccccc1.[CH2-]c1ccccc1. The van der Waals surface area contributed by atoms with Crippen molar-refractivity contribution in [3.8, 4) is 11.5 Å². The van der Waals surface area contributed by atoms with E-state index in [9.17, 15) is 10.2 Å². The molecule has 0 bridgehead atoms. The van der Waals surface area contributed by atoms with Crippen molar-refractivity contribution in [1.29, 1.82) is 0 Å². The molecule has 0 radical (unpaired) electrons. The van der Waals surface area contributed by atoms with Gasteiger partial charge in [0, 0.05) is 0 Å². The Labute approximate surface area is 384 Å². The van der Waals surface area contributed by atoms with Crippen molar-refractivity contribution in [2.45, 2.75) is 179 Å². The van der Waals surface area contributed by atoms with Crippen LogP contribution in [-0.4, -0.2) is 20.7 Å². The van der Waals surface area contributed by atoms with E-state index in [1.807, 2.05) is 60.7 Å². The Bertz CT molecular complexity index is 1960. The van der Waals surface area contributed by atoms with Crippen molar-refractivity contribution in [3.05, 3.63) is 143 Å². The van der Waals surface area contributed by atoms with Crippen LogP contribution in [0, 0.1) is 25.7 Å². The average Bonchev–Trinajstić information content (AvgIpc) is 3.46. The molecule has 4 atom stereocenters. The van der Waals surface area contributed by atoms with Gasteiger partial charge in [0.25, 0.3) is 0 Å². The van der Waals surface area contributed by atoms with Gasteiger partial charge in [-0.25, -0.2) is 0 Å². The van der Waals surface area contributed by atoms with Crippen molar-refractivity contribution < 1.29 is 25.7 Å². The van der Waals surface area contributed by atoms with Crippen molar-refractivity contribution in [1.82, 2.24) is 0 Å². The van der Waals surface area contributed by atoms with Crippen LogP contribution in [0.5, 0.6) is 11.5 Å². The molecule has 1 fully saturated rings. The molecule has 2 nitrogen and oxygen atoms in total. The number of rotatable bonds is 8. The summed E-state index contributed by atoms with van der Waals surface area (Å²) in [5.74, 6) is 4.09. The molecule has 4 aromatic rings. The number of benzene rings is 4. The van der Waals surface area contributed by atoms with Gasteiger partial charge >= 0.3 is 302 Å². The maximum absolute atomic E-state index is 12.0. The van der Waals surface area contributed by atoms with Gasteiger partial charge in [0.05, 0.1) is 0 Å². The van der Waals surface area contributed by atoms with Gasteiger partial charge in [-0.2, -0.15) is 49.2 Å². The van der Waals surface area contributed by atoms with Crippen LogP contribution in [0.25, 0.3) is 0 Å². The second kappa shape index (κ2) is 21.5. The second-order valence-corrected chi connectivity index (χ2v) is 33.0. The molecule has 1 heterocycles. The third-order valence-electron chi connectivity index (χ3n) is 13.8. The minimum absolute atomic E-state index is 0.0312. The first-order valence-electron chi connectivity index (χ1n) is 23.0. The summed E-state index contributed by atoms with van der Waals surface area (Å²) in [6, 6.07) is 29.1. The fourth-order valence-electron chi connectivity index (χ4n) is 7.97. The van der Waals surface area contributed by atoms with Crippen LogP contribution in [0.2, 0.25) is 0 Å². The Morgan fingerprint density at radius 1 is 0.541 bits per heavy atom. The van der Waals surface area contributed by atoms with E-state index >= 15 is 0 Å². The van der Waals surface area contributed by atoms with Gasteiger partial charge in [-0.15, -0.1) is 24.3 Å². The summed E-state index contributed by atoms with van der Waals surface area (Å²) in [6.45, 7) is 39.7. The first kappa shape index (κ1) is 51.3. The van der Waals surface area contributed by atoms with Gasteiger partial charge < -0.3 is 0 Å². The van der Waals surface area contributed by atoms with Crippen molar-refractivity contribution in [2.75, 3.05) is 0 Å². The molecule has 4 aromatic carbocycles. The fraction of sp³-hybridized carbons (Fsp3) is 0.536. The molecule has 1 saturated carbocycles. The summed E-state index contributed by atoms with van der Waals surface area (Å²) < 4.78 is 0. The molecule has 0 spiro atoms. The monoisotopic (exact) mass is 899 g/mol. The molecule has 0 saturated heterocycles. The van der Waals surface area contributed by atoms with Crippen LogP contribution in [0.4, 0.5) is 0 Å². The number of aromatic hydroxyl groups is 2. The van der Waals surface area contributed by atoms with E-state index < -0.39 is 0 Å². The largest absolute Gasteiger partial charge is 0.199 e. The molecule has 2 aliphatic rings. The van der Waals surface area contributed by atoms with Gasteiger partial charge in [0.15, 0.2) is 0 Å². The van der Waals surface area contributed by atoms with Crippen LogP contribution in [0.15, 0.2) is 84.9 Å². The standard InChI is InChI=1S/C42H68O2S2.2C7H7.Ti/c1-27(2)41(11,12)33-23-31(39(5,6)7)21-29(37(33)43)25-45-35-19-17-15-16-18-20-36(35)46-26-30-22-32(40(8,9)10)24-34(38(30)44)42(13,14)28(3)4;2*1-7-5-3-2-4-6-7;/h21-24,27-28,35-36,43-44H,15-20,25-26H2,1-14H3;2*2-6H,1H2;/q;2*-1;/t35-,36?;;;/m0.../s1. The van der Waals surface area contributed by atoms with Crippen molar-refractivity contribution in [2.24, 2.45) is 11.8 Å². The van der Waals surface area contributed by atoms with Crippen LogP contribution in [0.3, 0.4) is 0 Å². The Balaban J connectivity index is 0.000000490.